The third-order valence-corrected chi connectivity index (χ3v) is 6.00. The van der Waals surface area contributed by atoms with Crippen molar-refractivity contribution in [3.8, 4) is 11.1 Å². The Morgan fingerprint density at radius 2 is 2.24 bits per heavy atom. The van der Waals surface area contributed by atoms with Gasteiger partial charge in [0.2, 0.25) is 5.91 Å². The molecule has 1 amide bonds. The lowest BCUT2D eigenvalue weighted by molar-refractivity contribution is -0.124. The van der Waals surface area contributed by atoms with E-state index in [-0.39, 0.29) is 24.2 Å². The molecule has 6 heteroatoms. The van der Waals surface area contributed by atoms with Gasteiger partial charge in [0.25, 0.3) is 0 Å². The van der Waals surface area contributed by atoms with Gasteiger partial charge in [-0.2, -0.15) is 11.3 Å². The highest BCUT2D eigenvalue weighted by molar-refractivity contribution is 7.08. The number of hydrogen-bond donors (Lipinski definition) is 3. The van der Waals surface area contributed by atoms with E-state index in [0.717, 1.165) is 30.4 Å². The van der Waals surface area contributed by atoms with Crippen LogP contribution in [0.1, 0.15) is 24.8 Å². The predicted octanol–water partition coefficient (Wildman–Crippen LogP) is 2.64. The summed E-state index contributed by atoms with van der Waals surface area (Å²) in [4.78, 5) is 12.4. The first-order valence-electron chi connectivity index (χ1n) is 8.73. The molecule has 4 unspecified atom stereocenters. The lowest BCUT2D eigenvalue weighted by Crippen LogP contribution is -2.53. The lowest BCUT2D eigenvalue weighted by atomic mass is 9.99. The van der Waals surface area contributed by atoms with Crippen molar-refractivity contribution in [2.75, 3.05) is 0 Å². The fourth-order valence-corrected chi connectivity index (χ4v) is 4.70. The van der Waals surface area contributed by atoms with Gasteiger partial charge in [-0.1, -0.05) is 12.1 Å². The molecule has 1 aliphatic carbocycles. The molecule has 4 N–H and O–H groups in total. The molecular weight excluding hydrogens is 337 g/mol. The van der Waals surface area contributed by atoms with E-state index >= 15 is 0 Å². The third kappa shape index (κ3) is 3.47. The van der Waals surface area contributed by atoms with Crippen LogP contribution in [0.2, 0.25) is 0 Å². The highest BCUT2D eigenvalue weighted by atomic mass is 32.1. The Hall–Kier alpha value is -1.76. The summed E-state index contributed by atoms with van der Waals surface area (Å²) in [6.45, 7) is 0. The average Bonchev–Trinajstić information content (AvgIpc) is 3.34. The van der Waals surface area contributed by atoms with Crippen molar-refractivity contribution >= 4 is 17.2 Å². The van der Waals surface area contributed by atoms with Gasteiger partial charge in [-0.05, 0) is 64.8 Å². The van der Waals surface area contributed by atoms with Gasteiger partial charge in [-0.25, -0.2) is 4.39 Å². The summed E-state index contributed by atoms with van der Waals surface area (Å²) >= 11 is 1.58. The van der Waals surface area contributed by atoms with Crippen LogP contribution in [0.3, 0.4) is 0 Å². The zero-order valence-electron chi connectivity index (χ0n) is 13.9. The monoisotopic (exact) mass is 359 g/mol. The van der Waals surface area contributed by atoms with Crippen LogP contribution in [0.4, 0.5) is 4.39 Å². The van der Waals surface area contributed by atoms with E-state index in [9.17, 15) is 9.18 Å². The number of fused-ring (bicyclic) bond motifs is 2. The van der Waals surface area contributed by atoms with E-state index in [1.54, 1.807) is 17.4 Å². The van der Waals surface area contributed by atoms with E-state index < -0.39 is 6.17 Å². The number of nitrogens with one attached hydrogen (secondary N) is 2. The molecule has 2 aromatic rings. The molecule has 1 saturated heterocycles. The number of hydrogen-bond acceptors (Lipinski definition) is 4. The Labute approximate surface area is 150 Å². The Balaban J connectivity index is 1.37. The number of carbonyl (C=O) groups is 1. The Bertz CT molecular complexity index is 764. The largest absolute Gasteiger partial charge is 0.339 e. The molecule has 1 aliphatic heterocycles. The first-order valence-corrected chi connectivity index (χ1v) is 9.67. The molecule has 2 bridgehead atoms. The Morgan fingerprint density at radius 3 is 2.88 bits per heavy atom. The summed E-state index contributed by atoms with van der Waals surface area (Å²) in [5, 5.41) is 10.1. The number of benzene rings is 1. The van der Waals surface area contributed by atoms with E-state index in [4.69, 9.17) is 5.73 Å². The van der Waals surface area contributed by atoms with Crippen LogP contribution in [0, 0.1) is 11.7 Å². The molecule has 4 nitrogen and oxygen atoms in total. The molecule has 1 aromatic heterocycles. The van der Waals surface area contributed by atoms with Crippen molar-refractivity contribution in [2.45, 2.75) is 43.9 Å². The molecule has 4 rings (SSSR count). The van der Waals surface area contributed by atoms with Crippen LogP contribution in [0.5, 0.6) is 0 Å². The zero-order valence-corrected chi connectivity index (χ0v) is 14.7. The molecule has 1 saturated carbocycles. The van der Waals surface area contributed by atoms with Crippen LogP contribution in [0.25, 0.3) is 11.1 Å². The Morgan fingerprint density at radius 1 is 1.36 bits per heavy atom. The van der Waals surface area contributed by atoms with Gasteiger partial charge in [-0.15, -0.1) is 0 Å². The van der Waals surface area contributed by atoms with E-state index in [2.05, 4.69) is 10.6 Å². The summed E-state index contributed by atoms with van der Waals surface area (Å²) < 4.78 is 14.4. The van der Waals surface area contributed by atoms with E-state index in [1.165, 1.54) is 6.07 Å². The molecule has 0 radical (unpaired) electrons. The molecule has 4 atom stereocenters. The van der Waals surface area contributed by atoms with Gasteiger partial charge in [0.05, 0.1) is 12.2 Å². The fourth-order valence-electron chi connectivity index (χ4n) is 4.03. The van der Waals surface area contributed by atoms with Gasteiger partial charge >= 0.3 is 0 Å². The van der Waals surface area contributed by atoms with Crippen molar-refractivity contribution in [3.63, 3.8) is 0 Å². The number of rotatable bonds is 5. The molecular formula is C19H22FN3OS. The molecule has 2 aliphatic rings. The van der Waals surface area contributed by atoms with Crippen molar-refractivity contribution in [3.05, 3.63) is 46.4 Å². The summed E-state index contributed by atoms with van der Waals surface area (Å²) in [6.07, 6.45) is 3.02. The molecule has 2 heterocycles. The van der Waals surface area contributed by atoms with Gasteiger partial charge in [0.1, 0.15) is 5.82 Å². The van der Waals surface area contributed by atoms with Crippen molar-refractivity contribution < 1.29 is 9.18 Å². The number of nitrogens with two attached hydrogens (primary N) is 1. The van der Waals surface area contributed by atoms with Crippen LogP contribution in [0.15, 0.2) is 35.0 Å². The number of halogens is 1. The minimum atomic E-state index is -0.588. The number of thiophene rings is 1. The summed E-state index contributed by atoms with van der Waals surface area (Å²) in [5.74, 6) is 0.0697. The molecule has 0 spiro atoms. The maximum atomic E-state index is 14.4. The van der Waals surface area contributed by atoms with Gasteiger partial charge in [0, 0.05) is 12.5 Å². The van der Waals surface area contributed by atoms with Gasteiger partial charge in [-0.3, -0.25) is 4.79 Å². The summed E-state index contributed by atoms with van der Waals surface area (Å²) in [6, 6.07) is 7.47. The smallest absolute Gasteiger partial charge is 0.238 e. The highest BCUT2D eigenvalue weighted by Gasteiger charge is 2.42. The van der Waals surface area contributed by atoms with Crippen LogP contribution >= 0.6 is 11.3 Å². The minimum Gasteiger partial charge on any atom is -0.339 e. The fraction of sp³-hybridized carbons (Fsp3) is 0.421. The van der Waals surface area contributed by atoms with Crippen molar-refractivity contribution in [1.82, 2.24) is 10.6 Å². The summed E-state index contributed by atoms with van der Waals surface area (Å²) in [5.41, 5.74) is 8.43. The maximum Gasteiger partial charge on any atom is 0.238 e. The number of carbonyl (C=O) groups excluding carboxylic acids is 1. The van der Waals surface area contributed by atoms with Crippen LogP contribution in [-0.2, 0) is 11.2 Å². The quantitative estimate of drug-likeness (QED) is 0.719. The van der Waals surface area contributed by atoms with Gasteiger partial charge in [0.15, 0.2) is 0 Å². The zero-order chi connectivity index (χ0) is 17.4. The Kier molecular flexibility index (Phi) is 4.58. The maximum absolute atomic E-state index is 14.4. The lowest BCUT2D eigenvalue weighted by Gasteiger charge is -2.24. The second-order valence-electron chi connectivity index (χ2n) is 7.05. The first-order chi connectivity index (χ1) is 12.1. The minimum absolute atomic E-state index is 0.0602. The standard InChI is InChI=1S/C19H22FN3OS/c20-16-8-11(14-5-6-25-10-14)1-2-12(16)9-17(21)23-19(24)18-13-3-4-15(7-13)22-18/h1-2,5-6,8,10,13,15,17-18,22H,3-4,7,9,21H2,(H,23,24). The predicted molar refractivity (Wildman–Crippen MR) is 97.6 cm³/mol. The first kappa shape index (κ1) is 16.7. The third-order valence-electron chi connectivity index (χ3n) is 5.32. The number of piperidine rings is 1. The molecule has 132 valence electrons. The second-order valence-corrected chi connectivity index (χ2v) is 7.83. The average molecular weight is 359 g/mol. The molecule has 1 aromatic carbocycles. The second kappa shape index (κ2) is 6.86. The van der Waals surface area contributed by atoms with Crippen LogP contribution < -0.4 is 16.4 Å². The van der Waals surface area contributed by atoms with Gasteiger partial charge < -0.3 is 16.4 Å². The van der Waals surface area contributed by atoms with Crippen LogP contribution in [-0.4, -0.2) is 24.2 Å². The SMILES string of the molecule is NC(Cc1ccc(-c2ccsc2)cc1F)NC(=O)C1NC2CCC1C2. The number of amides is 1. The van der Waals surface area contributed by atoms with Crippen molar-refractivity contribution in [1.29, 1.82) is 0 Å². The summed E-state index contributed by atoms with van der Waals surface area (Å²) in [7, 11) is 0. The molecule has 2 fully saturated rings. The molecule has 25 heavy (non-hydrogen) atoms. The van der Waals surface area contributed by atoms with E-state index in [1.807, 2.05) is 22.9 Å². The van der Waals surface area contributed by atoms with E-state index in [0.29, 0.717) is 17.5 Å². The highest BCUT2D eigenvalue weighted by Crippen LogP contribution is 2.35. The normalized spacial score (nSPS) is 25.9. The topological polar surface area (TPSA) is 67.1 Å². The van der Waals surface area contributed by atoms with Crippen molar-refractivity contribution in [2.24, 2.45) is 11.7 Å².